The van der Waals surface area contributed by atoms with Crippen LogP contribution < -0.4 is 5.32 Å². The van der Waals surface area contributed by atoms with Crippen molar-refractivity contribution in [1.29, 1.82) is 0 Å². The van der Waals surface area contributed by atoms with Gasteiger partial charge in [0, 0.05) is 6.04 Å². The van der Waals surface area contributed by atoms with Gasteiger partial charge in [-0.1, -0.05) is 27.7 Å². The van der Waals surface area contributed by atoms with Crippen LogP contribution in [0.15, 0.2) is 0 Å². The van der Waals surface area contributed by atoms with Crippen molar-refractivity contribution >= 4 is 11.8 Å². The average Bonchev–Trinajstić information content (AvgIpc) is 2.64. The lowest BCUT2D eigenvalue weighted by Crippen LogP contribution is -2.35. The molecule has 1 nitrogen and oxygen atoms in total. The van der Waals surface area contributed by atoms with E-state index in [0.29, 0.717) is 0 Å². The average molecular weight is 243 g/mol. The Morgan fingerprint density at radius 2 is 1.75 bits per heavy atom. The maximum absolute atomic E-state index is 3.81. The van der Waals surface area contributed by atoms with E-state index in [9.17, 15) is 0 Å². The second-order valence-corrected chi connectivity index (χ2v) is 7.24. The molecule has 0 aromatic carbocycles. The highest BCUT2D eigenvalue weighted by Crippen LogP contribution is 2.23. The zero-order valence-corrected chi connectivity index (χ0v) is 12.3. The molecule has 0 aromatic heterocycles. The van der Waals surface area contributed by atoms with Crippen molar-refractivity contribution in [3.63, 3.8) is 0 Å². The maximum Gasteiger partial charge on any atom is 0.00720 e. The predicted octanol–water partition coefficient (Wildman–Crippen LogP) is 3.79. The third kappa shape index (κ3) is 6.15. The highest BCUT2D eigenvalue weighted by Gasteiger charge is 2.18. The van der Waals surface area contributed by atoms with Crippen molar-refractivity contribution in [3.8, 4) is 0 Å². The summed E-state index contributed by atoms with van der Waals surface area (Å²) in [6, 6.07) is 0.741. The van der Waals surface area contributed by atoms with Gasteiger partial charge in [0.2, 0.25) is 0 Å². The van der Waals surface area contributed by atoms with Crippen LogP contribution in [0.5, 0.6) is 0 Å². The lowest BCUT2D eigenvalue weighted by Gasteiger charge is -2.24. The van der Waals surface area contributed by atoms with E-state index in [4.69, 9.17) is 0 Å². The molecule has 96 valence electrons. The van der Waals surface area contributed by atoms with Gasteiger partial charge in [0.25, 0.3) is 0 Å². The van der Waals surface area contributed by atoms with E-state index < -0.39 is 0 Å². The van der Waals surface area contributed by atoms with Crippen molar-refractivity contribution in [2.45, 2.75) is 53.0 Å². The standard InChI is InChI=1S/C14H29NS/c1-11(2)7-14(8-12(3)4)15-9-13-5-6-16-10-13/h11-15H,5-10H2,1-4H3. The van der Waals surface area contributed by atoms with Gasteiger partial charge < -0.3 is 5.32 Å². The third-order valence-electron chi connectivity index (χ3n) is 3.23. The second-order valence-electron chi connectivity index (χ2n) is 6.09. The topological polar surface area (TPSA) is 12.0 Å². The number of nitrogens with one attached hydrogen (secondary N) is 1. The molecule has 1 heterocycles. The van der Waals surface area contributed by atoms with Gasteiger partial charge in [-0.15, -0.1) is 0 Å². The van der Waals surface area contributed by atoms with E-state index >= 15 is 0 Å². The van der Waals surface area contributed by atoms with Crippen LogP contribution >= 0.6 is 11.8 Å². The number of hydrogen-bond acceptors (Lipinski definition) is 2. The Morgan fingerprint density at radius 3 is 2.19 bits per heavy atom. The molecule has 0 radical (unpaired) electrons. The molecule has 2 heteroatoms. The largest absolute Gasteiger partial charge is 0.314 e. The van der Waals surface area contributed by atoms with Crippen molar-refractivity contribution in [1.82, 2.24) is 5.32 Å². The van der Waals surface area contributed by atoms with E-state index in [0.717, 1.165) is 23.8 Å². The van der Waals surface area contributed by atoms with Crippen LogP contribution in [0.25, 0.3) is 0 Å². The zero-order valence-electron chi connectivity index (χ0n) is 11.5. The molecule has 1 aliphatic rings. The molecule has 0 aliphatic carbocycles. The Kier molecular flexibility index (Phi) is 6.83. The van der Waals surface area contributed by atoms with E-state index in [-0.39, 0.29) is 0 Å². The summed E-state index contributed by atoms with van der Waals surface area (Å²) in [4.78, 5) is 0. The summed E-state index contributed by atoms with van der Waals surface area (Å²) < 4.78 is 0. The highest BCUT2D eigenvalue weighted by atomic mass is 32.2. The van der Waals surface area contributed by atoms with Gasteiger partial charge in [-0.05, 0) is 55.1 Å². The molecule has 0 spiro atoms. The fraction of sp³-hybridized carbons (Fsp3) is 1.00. The van der Waals surface area contributed by atoms with Crippen LogP contribution in [-0.4, -0.2) is 24.1 Å². The summed E-state index contributed by atoms with van der Waals surface area (Å²) in [5, 5.41) is 3.81. The summed E-state index contributed by atoms with van der Waals surface area (Å²) in [5.74, 6) is 5.32. The van der Waals surface area contributed by atoms with Crippen molar-refractivity contribution in [2.24, 2.45) is 17.8 Å². The summed E-state index contributed by atoms with van der Waals surface area (Å²) in [6.45, 7) is 10.6. The molecule has 16 heavy (non-hydrogen) atoms. The van der Waals surface area contributed by atoms with Crippen LogP contribution in [0.2, 0.25) is 0 Å². The Hall–Kier alpha value is 0.310. The molecular weight excluding hydrogens is 214 g/mol. The first-order valence-electron chi connectivity index (χ1n) is 6.89. The van der Waals surface area contributed by atoms with Crippen LogP contribution in [-0.2, 0) is 0 Å². The van der Waals surface area contributed by atoms with Crippen molar-refractivity contribution in [3.05, 3.63) is 0 Å². The molecule has 1 rings (SSSR count). The van der Waals surface area contributed by atoms with E-state index in [2.05, 4.69) is 44.8 Å². The number of thioether (sulfide) groups is 1. The molecular formula is C14H29NS. The maximum atomic E-state index is 3.81. The normalized spacial score (nSPS) is 21.6. The molecule has 1 atom stereocenters. The summed E-state index contributed by atoms with van der Waals surface area (Å²) in [7, 11) is 0. The Bertz CT molecular complexity index is 164. The summed E-state index contributed by atoms with van der Waals surface area (Å²) >= 11 is 2.12. The van der Waals surface area contributed by atoms with Crippen LogP contribution in [0.3, 0.4) is 0 Å². The molecule has 1 saturated heterocycles. The van der Waals surface area contributed by atoms with Gasteiger partial charge in [0.05, 0.1) is 0 Å². The monoisotopic (exact) mass is 243 g/mol. The van der Waals surface area contributed by atoms with Crippen LogP contribution in [0.1, 0.15) is 47.0 Å². The van der Waals surface area contributed by atoms with E-state index in [1.165, 1.54) is 37.3 Å². The van der Waals surface area contributed by atoms with E-state index in [1.807, 2.05) is 0 Å². The lowest BCUT2D eigenvalue weighted by atomic mass is 9.95. The molecule has 1 N–H and O–H groups in total. The minimum absolute atomic E-state index is 0.741. The molecule has 1 unspecified atom stereocenters. The molecule has 1 fully saturated rings. The minimum Gasteiger partial charge on any atom is -0.314 e. The quantitative estimate of drug-likeness (QED) is 0.730. The van der Waals surface area contributed by atoms with Gasteiger partial charge in [0.15, 0.2) is 0 Å². The molecule has 0 aromatic rings. The van der Waals surface area contributed by atoms with Gasteiger partial charge in [-0.3, -0.25) is 0 Å². The highest BCUT2D eigenvalue weighted by molar-refractivity contribution is 7.99. The number of rotatable bonds is 7. The van der Waals surface area contributed by atoms with Gasteiger partial charge in [-0.2, -0.15) is 11.8 Å². The summed E-state index contributed by atoms with van der Waals surface area (Å²) in [5.41, 5.74) is 0. The summed E-state index contributed by atoms with van der Waals surface area (Å²) in [6.07, 6.45) is 4.09. The van der Waals surface area contributed by atoms with Gasteiger partial charge >= 0.3 is 0 Å². The van der Waals surface area contributed by atoms with Crippen molar-refractivity contribution in [2.75, 3.05) is 18.1 Å². The fourth-order valence-corrected chi connectivity index (χ4v) is 3.76. The van der Waals surface area contributed by atoms with Crippen molar-refractivity contribution < 1.29 is 0 Å². The fourth-order valence-electron chi connectivity index (χ4n) is 2.48. The minimum atomic E-state index is 0.741. The first-order chi connectivity index (χ1) is 7.58. The Labute approximate surface area is 106 Å². The molecule has 0 amide bonds. The first kappa shape index (κ1) is 14.4. The molecule has 1 aliphatic heterocycles. The van der Waals surface area contributed by atoms with Crippen LogP contribution in [0.4, 0.5) is 0 Å². The second kappa shape index (κ2) is 7.60. The van der Waals surface area contributed by atoms with Gasteiger partial charge in [0.1, 0.15) is 0 Å². The molecule has 0 saturated carbocycles. The zero-order chi connectivity index (χ0) is 12.0. The predicted molar refractivity (Wildman–Crippen MR) is 76.1 cm³/mol. The number of hydrogen-bond donors (Lipinski definition) is 1. The SMILES string of the molecule is CC(C)CC(CC(C)C)NCC1CCSC1. The lowest BCUT2D eigenvalue weighted by molar-refractivity contribution is 0.342. The smallest absolute Gasteiger partial charge is 0.00720 e. The Morgan fingerprint density at radius 1 is 1.12 bits per heavy atom. The Balaban J connectivity index is 2.24. The van der Waals surface area contributed by atoms with E-state index in [1.54, 1.807) is 0 Å². The third-order valence-corrected chi connectivity index (χ3v) is 4.46. The first-order valence-corrected chi connectivity index (χ1v) is 8.04. The van der Waals surface area contributed by atoms with Gasteiger partial charge in [-0.25, -0.2) is 0 Å². The molecule has 0 bridgehead atoms. The van der Waals surface area contributed by atoms with Crippen LogP contribution in [0, 0.1) is 17.8 Å².